The summed E-state index contributed by atoms with van der Waals surface area (Å²) in [6.45, 7) is 0.632. The van der Waals surface area contributed by atoms with Gasteiger partial charge in [-0.3, -0.25) is 0 Å². The zero-order chi connectivity index (χ0) is 22.7. The Morgan fingerprint density at radius 1 is 0.412 bits per heavy atom. The van der Waals surface area contributed by atoms with Gasteiger partial charge in [-0.15, -0.1) is 0 Å². The zero-order valence-electron chi connectivity index (χ0n) is 19.0. The highest BCUT2D eigenvalue weighted by atomic mass is 16.7. The second kappa shape index (κ2) is 9.14. The number of aryl methyl sites for hydroxylation is 4. The number of ether oxygens (including phenoxy) is 4. The molecule has 6 rings (SSSR count). The van der Waals surface area contributed by atoms with E-state index >= 15 is 0 Å². The Morgan fingerprint density at radius 3 is 1.29 bits per heavy atom. The first-order valence-corrected chi connectivity index (χ1v) is 11.8. The van der Waals surface area contributed by atoms with Crippen molar-refractivity contribution in [1.29, 1.82) is 0 Å². The van der Waals surface area contributed by atoms with Gasteiger partial charge in [0.05, 0.1) is 0 Å². The van der Waals surface area contributed by atoms with E-state index in [1.54, 1.807) is 0 Å². The minimum absolute atomic E-state index is 0.316. The fraction of sp³-hybridized carbons (Fsp3) is 0.200. The lowest BCUT2D eigenvalue weighted by Crippen LogP contribution is -1.94. The van der Waals surface area contributed by atoms with Crippen molar-refractivity contribution in [3.8, 4) is 34.1 Å². The smallest absolute Gasteiger partial charge is 0.231 e. The van der Waals surface area contributed by atoms with Gasteiger partial charge in [0.1, 0.15) is 0 Å². The van der Waals surface area contributed by atoms with Crippen LogP contribution in [0.4, 0.5) is 0 Å². The van der Waals surface area contributed by atoms with Crippen LogP contribution in [0.3, 0.4) is 0 Å². The largest absolute Gasteiger partial charge is 0.454 e. The van der Waals surface area contributed by atoms with Crippen molar-refractivity contribution in [3.05, 3.63) is 107 Å². The third-order valence-corrected chi connectivity index (χ3v) is 6.47. The van der Waals surface area contributed by atoms with Gasteiger partial charge >= 0.3 is 0 Å². The maximum absolute atomic E-state index is 5.51. The van der Waals surface area contributed by atoms with Crippen molar-refractivity contribution in [3.63, 3.8) is 0 Å². The van der Waals surface area contributed by atoms with E-state index in [9.17, 15) is 0 Å². The Labute approximate surface area is 199 Å². The van der Waals surface area contributed by atoms with Crippen LogP contribution >= 0.6 is 0 Å². The third-order valence-electron chi connectivity index (χ3n) is 6.47. The quantitative estimate of drug-likeness (QED) is 0.327. The minimum Gasteiger partial charge on any atom is -0.454 e. The first-order chi connectivity index (χ1) is 16.8. The van der Waals surface area contributed by atoms with Crippen molar-refractivity contribution in [2.24, 2.45) is 0 Å². The Hall–Kier alpha value is -3.92. The van der Waals surface area contributed by atoms with E-state index in [0.717, 1.165) is 48.7 Å². The van der Waals surface area contributed by atoms with Crippen LogP contribution in [0.2, 0.25) is 0 Å². The first kappa shape index (κ1) is 20.7. The van der Waals surface area contributed by atoms with Crippen LogP contribution in [0, 0.1) is 0 Å². The van der Waals surface area contributed by atoms with Crippen LogP contribution in [0.1, 0.15) is 22.3 Å². The molecular weight excluding hydrogens is 424 g/mol. The normalized spacial score (nSPS) is 13.3. The molecule has 0 fully saturated rings. The molecule has 2 aliphatic heterocycles. The summed E-state index contributed by atoms with van der Waals surface area (Å²) < 4.78 is 21.9. The summed E-state index contributed by atoms with van der Waals surface area (Å²) in [5.41, 5.74) is 7.71. The maximum atomic E-state index is 5.51. The van der Waals surface area contributed by atoms with Crippen molar-refractivity contribution in [1.82, 2.24) is 0 Å². The molecule has 4 heteroatoms. The molecule has 0 saturated carbocycles. The molecular formula is C30H26O4. The molecule has 0 aromatic heterocycles. The van der Waals surface area contributed by atoms with Gasteiger partial charge in [-0.25, -0.2) is 0 Å². The van der Waals surface area contributed by atoms with Crippen LogP contribution in [-0.2, 0) is 25.7 Å². The van der Waals surface area contributed by atoms with Crippen molar-refractivity contribution < 1.29 is 18.9 Å². The van der Waals surface area contributed by atoms with Gasteiger partial charge in [-0.05, 0) is 83.3 Å². The van der Waals surface area contributed by atoms with E-state index in [4.69, 9.17) is 18.9 Å². The first-order valence-electron chi connectivity index (χ1n) is 11.8. The molecule has 2 heterocycles. The summed E-state index contributed by atoms with van der Waals surface area (Å²) in [5, 5.41) is 0. The van der Waals surface area contributed by atoms with E-state index in [2.05, 4.69) is 72.8 Å². The van der Waals surface area contributed by atoms with Crippen LogP contribution < -0.4 is 18.9 Å². The van der Waals surface area contributed by atoms with Crippen LogP contribution in [-0.4, -0.2) is 13.6 Å². The Kier molecular flexibility index (Phi) is 5.56. The maximum Gasteiger partial charge on any atom is 0.231 e. The lowest BCUT2D eigenvalue weighted by Gasteiger charge is -2.09. The second-order valence-corrected chi connectivity index (χ2v) is 8.78. The highest BCUT2D eigenvalue weighted by Gasteiger charge is 2.14. The molecule has 170 valence electrons. The number of hydrogen-bond donors (Lipinski definition) is 0. The van der Waals surface area contributed by atoms with Crippen LogP contribution in [0.25, 0.3) is 11.1 Å². The molecule has 2 aliphatic rings. The third kappa shape index (κ3) is 4.44. The van der Waals surface area contributed by atoms with Crippen molar-refractivity contribution >= 4 is 0 Å². The Balaban J connectivity index is 1.12. The fourth-order valence-corrected chi connectivity index (χ4v) is 4.58. The molecule has 0 bridgehead atoms. The van der Waals surface area contributed by atoms with Gasteiger partial charge in [0.15, 0.2) is 23.0 Å². The molecule has 4 aromatic rings. The van der Waals surface area contributed by atoms with Crippen LogP contribution in [0.15, 0.2) is 84.9 Å². The molecule has 0 spiro atoms. The van der Waals surface area contributed by atoms with E-state index in [0.29, 0.717) is 13.6 Å². The Morgan fingerprint density at radius 2 is 0.824 bits per heavy atom. The summed E-state index contributed by atoms with van der Waals surface area (Å²) in [7, 11) is 0. The van der Waals surface area contributed by atoms with E-state index in [1.165, 1.54) is 33.4 Å². The second-order valence-electron chi connectivity index (χ2n) is 8.78. The topological polar surface area (TPSA) is 36.9 Å². The predicted molar refractivity (Wildman–Crippen MR) is 132 cm³/mol. The van der Waals surface area contributed by atoms with Gasteiger partial charge in [0.2, 0.25) is 13.6 Å². The van der Waals surface area contributed by atoms with Gasteiger partial charge in [0, 0.05) is 0 Å². The monoisotopic (exact) mass is 450 g/mol. The van der Waals surface area contributed by atoms with Crippen molar-refractivity contribution in [2.75, 3.05) is 13.6 Å². The molecule has 0 amide bonds. The highest BCUT2D eigenvalue weighted by molar-refractivity contribution is 5.65. The van der Waals surface area contributed by atoms with E-state index in [1.807, 2.05) is 12.1 Å². The van der Waals surface area contributed by atoms with E-state index in [-0.39, 0.29) is 0 Å². The van der Waals surface area contributed by atoms with Gasteiger partial charge in [-0.1, -0.05) is 60.7 Å². The predicted octanol–water partition coefficient (Wildman–Crippen LogP) is 6.38. The number of rotatable bonds is 7. The molecule has 0 N–H and O–H groups in total. The number of fused-ring (bicyclic) bond motifs is 2. The molecule has 0 saturated heterocycles. The fourth-order valence-electron chi connectivity index (χ4n) is 4.58. The Bertz CT molecular complexity index is 1220. The van der Waals surface area contributed by atoms with Crippen LogP contribution in [0.5, 0.6) is 23.0 Å². The molecule has 4 nitrogen and oxygen atoms in total. The van der Waals surface area contributed by atoms with Gasteiger partial charge < -0.3 is 18.9 Å². The average molecular weight is 451 g/mol. The molecule has 0 unspecified atom stereocenters. The standard InChI is InChI=1S/C30H26O4/c1-3-21(7-9-23-11-13-27-29(17-23)33-19-31-27)15-25(5-1)26-6-2-4-22(16-26)8-10-24-12-14-28-30(18-24)34-20-32-28/h1-6,11-18H,7-10,19-20H2. The molecule has 0 aliphatic carbocycles. The van der Waals surface area contributed by atoms with Crippen molar-refractivity contribution in [2.45, 2.75) is 25.7 Å². The zero-order valence-corrected chi connectivity index (χ0v) is 19.0. The summed E-state index contributed by atoms with van der Waals surface area (Å²) in [4.78, 5) is 0. The lowest BCUT2D eigenvalue weighted by molar-refractivity contribution is 0.173. The summed E-state index contributed by atoms with van der Waals surface area (Å²) >= 11 is 0. The summed E-state index contributed by atoms with van der Waals surface area (Å²) in [6.07, 6.45) is 3.90. The van der Waals surface area contributed by atoms with Gasteiger partial charge in [0.25, 0.3) is 0 Å². The molecule has 4 aromatic carbocycles. The highest BCUT2D eigenvalue weighted by Crippen LogP contribution is 2.34. The number of benzene rings is 4. The van der Waals surface area contributed by atoms with E-state index < -0.39 is 0 Å². The summed E-state index contributed by atoms with van der Waals surface area (Å²) in [6, 6.07) is 30.2. The lowest BCUT2D eigenvalue weighted by atomic mass is 9.96. The number of hydrogen-bond acceptors (Lipinski definition) is 4. The molecule has 34 heavy (non-hydrogen) atoms. The summed E-state index contributed by atoms with van der Waals surface area (Å²) in [5.74, 6) is 3.38. The molecule has 0 radical (unpaired) electrons. The average Bonchev–Trinajstić information content (AvgIpc) is 3.55. The molecule has 0 atom stereocenters. The van der Waals surface area contributed by atoms with Gasteiger partial charge in [-0.2, -0.15) is 0 Å². The SMILES string of the molecule is c1cc(CCc2ccc3c(c2)OCO3)cc(-c2cccc(CCc3ccc4c(c3)OCO4)c2)c1. The minimum atomic E-state index is 0.316.